The Hall–Kier alpha value is -1.88. The van der Waals surface area contributed by atoms with Crippen molar-refractivity contribution in [2.75, 3.05) is 26.2 Å². The molecule has 25 heavy (non-hydrogen) atoms. The molecule has 5 nitrogen and oxygen atoms in total. The molecular weight excluding hydrogens is 312 g/mol. The van der Waals surface area contributed by atoms with Gasteiger partial charge in [-0.25, -0.2) is 4.98 Å². The summed E-state index contributed by atoms with van der Waals surface area (Å²) >= 11 is 0. The van der Waals surface area contributed by atoms with Gasteiger partial charge in [-0.1, -0.05) is 12.8 Å². The fourth-order valence-corrected chi connectivity index (χ4v) is 4.12. The first kappa shape index (κ1) is 16.6. The quantitative estimate of drug-likeness (QED) is 0.935. The van der Waals surface area contributed by atoms with Crippen LogP contribution in [0.25, 0.3) is 11.4 Å². The van der Waals surface area contributed by atoms with Crippen molar-refractivity contribution in [1.29, 1.82) is 0 Å². The molecule has 0 unspecified atom stereocenters. The largest absolute Gasteiger partial charge is 0.341 e. The summed E-state index contributed by atoms with van der Waals surface area (Å²) in [7, 11) is 0. The molecule has 0 aromatic carbocycles. The molecule has 0 aromatic rings. The molecule has 0 saturated carbocycles. The lowest BCUT2D eigenvalue weighted by atomic mass is 9.96. The van der Waals surface area contributed by atoms with Crippen molar-refractivity contribution in [3.05, 3.63) is 30.1 Å². The standard InChI is InChI=1S/C20H28N4O/c25-19(23-10-3-1-2-4-11-23)15-24-12-6-8-16-13-18(22-20(16)24)17-7-5-9-21-14-17/h6,8,12-13,17,21H,1-5,7,9-11,14-15H2/t17-/m1/s1. The summed E-state index contributed by atoms with van der Waals surface area (Å²) in [6.45, 7) is 4.33. The van der Waals surface area contributed by atoms with E-state index < -0.39 is 0 Å². The van der Waals surface area contributed by atoms with Gasteiger partial charge in [0.2, 0.25) is 5.91 Å². The summed E-state index contributed by atoms with van der Waals surface area (Å²) in [5.41, 5.74) is 2.32. The summed E-state index contributed by atoms with van der Waals surface area (Å²) in [5.74, 6) is 1.67. The predicted molar refractivity (Wildman–Crippen MR) is 98.7 cm³/mol. The average Bonchev–Trinajstić information content (AvgIpc) is 2.90. The monoisotopic (exact) mass is 340 g/mol. The van der Waals surface area contributed by atoms with Crippen LogP contribution in [-0.4, -0.2) is 46.5 Å². The summed E-state index contributed by atoms with van der Waals surface area (Å²) in [4.78, 5) is 19.7. The first-order chi connectivity index (χ1) is 12.3. The molecule has 0 radical (unpaired) electrons. The fourth-order valence-electron chi connectivity index (χ4n) is 4.12. The number of rotatable bonds is 3. The van der Waals surface area contributed by atoms with E-state index >= 15 is 0 Å². The molecule has 5 heteroatoms. The van der Waals surface area contributed by atoms with Crippen molar-refractivity contribution >= 4 is 5.91 Å². The van der Waals surface area contributed by atoms with Crippen molar-refractivity contribution in [3.8, 4) is 11.4 Å². The smallest absolute Gasteiger partial charge is 0.242 e. The van der Waals surface area contributed by atoms with Crippen LogP contribution in [0.15, 0.2) is 24.4 Å². The van der Waals surface area contributed by atoms with Crippen molar-refractivity contribution in [3.63, 3.8) is 0 Å². The second-order valence-corrected chi connectivity index (χ2v) is 7.43. The highest BCUT2D eigenvalue weighted by atomic mass is 16.2. The van der Waals surface area contributed by atoms with Crippen LogP contribution < -0.4 is 5.32 Å². The van der Waals surface area contributed by atoms with E-state index in [1.54, 1.807) is 0 Å². The van der Waals surface area contributed by atoms with E-state index in [1.165, 1.54) is 31.4 Å². The number of carbonyl (C=O) groups excluding carboxylic acids is 1. The third kappa shape index (κ3) is 3.71. The number of amides is 1. The van der Waals surface area contributed by atoms with Gasteiger partial charge in [0.05, 0.1) is 0 Å². The Kier molecular flexibility index (Phi) is 5.02. The van der Waals surface area contributed by atoms with Gasteiger partial charge in [0, 0.05) is 43.0 Å². The number of aromatic nitrogens is 2. The average molecular weight is 340 g/mol. The Morgan fingerprint density at radius 3 is 2.80 bits per heavy atom. The van der Waals surface area contributed by atoms with Crippen LogP contribution >= 0.6 is 0 Å². The number of hydrogen-bond acceptors (Lipinski definition) is 3. The third-order valence-corrected chi connectivity index (χ3v) is 5.59. The Bertz CT molecular complexity index is 681. The zero-order valence-corrected chi connectivity index (χ0v) is 14.9. The maximum absolute atomic E-state index is 12.7. The van der Waals surface area contributed by atoms with Crippen LogP contribution in [0.5, 0.6) is 0 Å². The molecule has 0 spiro atoms. The highest BCUT2D eigenvalue weighted by Gasteiger charge is 2.22. The molecule has 0 aromatic heterocycles. The zero-order chi connectivity index (χ0) is 17.1. The fraction of sp³-hybridized carbons (Fsp3) is 0.600. The molecule has 4 rings (SSSR count). The van der Waals surface area contributed by atoms with E-state index in [1.807, 2.05) is 21.7 Å². The molecule has 2 fully saturated rings. The van der Waals surface area contributed by atoms with Gasteiger partial charge in [-0.05, 0) is 50.4 Å². The maximum atomic E-state index is 12.7. The lowest BCUT2D eigenvalue weighted by Crippen LogP contribution is -2.34. The number of fused-ring (bicyclic) bond motifs is 1. The Morgan fingerprint density at radius 1 is 1.20 bits per heavy atom. The summed E-state index contributed by atoms with van der Waals surface area (Å²) in [6, 6.07) is 6.34. The van der Waals surface area contributed by atoms with Gasteiger partial charge in [0.25, 0.3) is 0 Å². The Labute approximate surface area is 149 Å². The minimum Gasteiger partial charge on any atom is -0.341 e. The van der Waals surface area contributed by atoms with E-state index in [0.29, 0.717) is 12.5 Å². The van der Waals surface area contributed by atoms with Crippen molar-refractivity contribution in [2.24, 2.45) is 0 Å². The lowest BCUT2D eigenvalue weighted by Gasteiger charge is -2.22. The molecule has 4 aliphatic heterocycles. The van der Waals surface area contributed by atoms with E-state index in [4.69, 9.17) is 4.98 Å². The van der Waals surface area contributed by atoms with Gasteiger partial charge in [-0.15, -0.1) is 0 Å². The van der Waals surface area contributed by atoms with Gasteiger partial charge in [-0.3, -0.25) is 4.79 Å². The topological polar surface area (TPSA) is 50.2 Å². The molecule has 1 amide bonds. The van der Waals surface area contributed by atoms with Gasteiger partial charge in [-0.2, -0.15) is 0 Å². The first-order valence-corrected chi connectivity index (χ1v) is 9.75. The number of carbonyl (C=O) groups is 1. The van der Waals surface area contributed by atoms with E-state index in [0.717, 1.165) is 50.4 Å². The molecule has 2 saturated heterocycles. The molecular formula is C20H28N4O. The van der Waals surface area contributed by atoms with E-state index in [9.17, 15) is 4.79 Å². The second-order valence-electron chi connectivity index (χ2n) is 7.43. The van der Waals surface area contributed by atoms with Crippen LogP contribution in [0.3, 0.4) is 0 Å². The molecule has 0 aliphatic carbocycles. The van der Waals surface area contributed by atoms with Crippen LogP contribution in [0.1, 0.15) is 50.1 Å². The molecule has 0 bridgehead atoms. The highest BCUT2D eigenvalue weighted by molar-refractivity contribution is 5.77. The Morgan fingerprint density at radius 2 is 2.04 bits per heavy atom. The van der Waals surface area contributed by atoms with Gasteiger partial charge in [0.1, 0.15) is 12.4 Å². The van der Waals surface area contributed by atoms with Crippen LogP contribution in [0.2, 0.25) is 0 Å². The predicted octanol–water partition coefficient (Wildman–Crippen LogP) is 2.86. The number of piperidine rings is 1. The van der Waals surface area contributed by atoms with Gasteiger partial charge < -0.3 is 14.8 Å². The third-order valence-electron chi connectivity index (χ3n) is 5.59. The van der Waals surface area contributed by atoms with E-state index in [-0.39, 0.29) is 5.91 Å². The van der Waals surface area contributed by atoms with E-state index in [2.05, 4.69) is 17.4 Å². The number of pyridine rings is 1. The molecule has 4 heterocycles. The van der Waals surface area contributed by atoms with Crippen LogP contribution in [0, 0.1) is 0 Å². The minimum absolute atomic E-state index is 0.225. The maximum Gasteiger partial charge on any atom is 0.242 e. The number of hydrogen-bond donors (Lipinski definition) is 1. The summed E-state index contributed by atoms with van der Waals surface area (Å²) < 4.78 is 2.03. The van der Waals surface area contributed by atoms with Crippen LogP contribution in [0.4, 0.5) is 0 Å². The SMILES string of the molecule is O=C(Cn1cccc2cc([C@@H]3CCCNC3)nc1-2)N1CCCCCC1. The first-order valence-electron chi connectivity index (χ1n) is 9.75. The highest BCUT2D eigenvalue weighted by Crippen LogP contribution is 2.29. The van der Waals surface area contributed by atoms with Gasteiger partial charge in [0.15, 0.2) is 0 Å². The lowest BCUT2D eigenvalue weighted by molar-refractivity contribution is -0.131. The number of nitrogens with one attached hydrogen (secondary N) is 1. The van der Waals surface area contributed by atoms with Crippen molar-refractivity contribution in [1.82, 2.24) is 19.8 Å². The Balaban J connectivity index is 1.53. The zero-order valence-electron chi connectivity index (χ0n) is 14.9. The molecule has 4 aliphatic rings. The van der Waals surface area contributed by atoms with Crippen molar-refractivity contribution in [2.45, 2.75) is 51.0 Å². The molecule has 1 N–H and O–H groups in total. The normalized spacial score (nSPS) is 22.1. The van der Waals surface area contributed by atoms with Gasteiger partial charge >= 0.3 is 0 Å². The summed E-state index contributed by atoms with van der Waals surface area (Å²) in [6.07, 6.45) is 9.16. The second kappa shape index (κ2) is 7.56. The number of likely N-dealkylation sites (tertiary alicyclic amines) is 1. The van der Waals surface area contributed by atoms with Crippen molar-refractivity contribution < 1.29 is 4.79 Å². The molecule has 1 atom stereocenters. The summed E-state index contributed by atoms with van der Waals surface area (Å²) in [5, 5.41) is 3.47. The van der Waals surface area contributed by atoms with Crippen LogP contribution in [-0.2, 0) is 11.3 Å². The molecule has 134 valence electrons. The number of nitrogens with zero attached hydrogens (tertiary/aromatic N) is 3. The minimum atomic E-state index is 0.225.